The Morgan fingerprint density at radius 2 is 1.09 bits per heavy atom. The van der Waals surface area contributed by atoms with Gasteiger partial charge in [0, 0.05) is 22.1 Å². The van der Waals surface area contributed by atoms with Crippen molar-refractivity contribution in [2.24, 2.45) is 0 Å². The highest BCUT2D eigenvalue weighted by Gasteiger charge is 2.18. The van der Waals surface area contributed by atoms with Crippen molar-refractivity contribution in [2.75, 3.05) is 4.90 Å². The van der Waals surface area contributed by atoms with E-state index in [4.69, 9.17) is 9.40 Å². The zero-order chi connectivity index (χ0) is 30.5. The monoisotopic (exact) mass is 588 g/mol. The molecule has 0 bridgehead atoms. The fraction of sp³-hybridized carbons (Fsp3) is 0. The lowest BCUT2D eigenvalue weighted by Crippen LogP contribution is -2.11. The molecular weight excluding hydrogens is 560 g/mol. The maximum atomic E-state index is 6.40. The van der Waals surface area contributed by atoms with E-state index in [1.807, 2.05) is 6.07 Å². The number of nitrogens with zero attached hydrogens (tertiary/aromatic N) is 2. The van der Waals surface area contributed by atoms with Crippen molar-refractivity contribution < 1.29 is 4.42 Å². The Labute approximate surface area is 266 Å². The lowest BCUT2D eigenvalue weighted by Gasteiger charge is -2.25. The molecule has 0 saturated carbocycles. The zero-order valence-electron chi connectivity index (χ0n) is 25.0. The van der Waals surface area contributed by atoms with Crippen LogP contribution in [0.15, 0.2) is 174 Å². The van der Waals surface area contributed by atoms with Crippen LogP contribution in [0, 0.1) is 0 Å². The first-order valence-electron chi connectivity index (χ1n) is 15.5. The summed E-state index contributed by atoms with van der Waals surface area (Å²) in [5.41, 5.74) is 8.21. The SMILES string of the molecule is c1ccc(-c2ccc(N(c3cccc(-c4cccc5ccccc45)c3)c3ccc4c(n3)oc3cc5ccccc5cc34)cc2)cc1. The quantitative estimate of drug-likeness (QED) is 0.200. The third-order valence-corrected chi connectivity index (χ3v) is 8.86. The molecule has 46 heavy (non-hydrogen) atoms. The van der Waals surface area contributed by atoms with Gasteiger partial charge >= 0.3 is 0 Å². The number of benzene rings is 7. The summed E-state index contributed by atoms with van der Waals surface area (Å²) in [6.45, 7) is 0. The number of pyridine rings is 1. The summed E-state index contributed by atoms with van der Waals surface area (Å²) >= 11 is 0. The first-order chi connectivity index (χ1) is 22.8. The molecule has 0 aliphatic rings. The Hall–Kier alpha value is -6.19. The van der Waals surface area contributed by atoms with Crippen molar-refractivity contribution in [3.05, 3.63) is 170 Å². The summed E-state index contributed by atoms with van der Waals surface area (Å²) in [6, 6.07) is 59.9. The van der Waals surface area contributed by atoms with E-state index in [1.54, 1.807) is 0 Å². The molecule has 0 spiro atoms. The second kappa shape index (κ2) is 10.8. The molecule has 0 aliphatic heterocycles. The van der Waals surface area contributed by atoms with E-state index in [2.05, 4.69) is 169 Å². The van der Waals surface area contributed by atoms with Crippen LogP contribution in [0.3, 0.4) is 0 Å². The molecule has 3 nitrogen and oxygen atoms in total. The third-order valence-electron chi connectivity index (χ3n) is 8.86. The van der Waals surface area contributed by atoms with Gasteiger partial charge in [-0.1, -0.05) is 121 Å². The van der Waals surface area contributed by atoms with Gasteiger partial charge in [0.2, 0.25) is 5.71 Å². The van der Waals surface area contributed by atoms with Gasteiger partial charge in [-0.25, -0.2) is 0 Å². The van der Waals surface area contributed by atoms with Crippen LogP contribution in [0.25, 0.3) is 65.9 Å². The molecule has 3 heteroatoms. The van der Waals surface area contributed by atoms with E-state index in [-0.39, 0.29) is 0 Å². The highest BCUT2D eigenvalue weighted by atomic mass is 16.3. The molecule has 0 unspecified atom stereocenters. The van der Waals surface area contributed by atoms with Crippen LogP contribution < -0.4 is 4.90 Å². The summed E-state index contributed by atoms with van der Waals surface area (Å²) < 4.78 is 6.40. The van der Waals surface area contributed by atoms with Gasteiger partial charge in [0.1, 0.15) is 11.4 Å². The largest absolute Gasteiger partial charge is 0.438 e. The minimum atomic E-state index is 0.624. The van der Waals surface area contributed by atoms with Gasteiger partial charge in [0.15, 0.2) is 0 Å². The Kier molecular flexibility index (Phi) is 6.14. The average molecular weight is 589 g/mol. The number of aromatic nitrogens is 1. The maximum absolute atomic E-state index is 6.40. The van der Waals surface area contributed by atoms with E-state index < -0.39 is 0 Å². The summed E-state index contributed by atoms with van der Waals surface area (Å²) in [5.74, 6) is 0.790. The highest BCUT2D eigenvalue weighted by Crippen LogP contribution is 2.40. The predicted molar refractivity (Wildman–Crippen MR) is 192 cm³/mol. The zero-order valence-corrected chi connectivity index (χ0v) is 25.0. The smallest absolute Gasteiger partial charge is 0.229 e. The summed E-state index contributed by atoms with van der Waals surface area (Å²) in [4.78, 5) is 7.36. The Bertz CT molecular complexity index is 2530. The highest BCUT2D eigenvalue weighted by molar-refractivity contribution is 6.09. The molecule has 216 valence electrons. The van der Waals surface area contributed by atoms with Crippen LogP contribution in [0.4, 0.5) is 17.2 Å². The number of anilines is 3. The second-order valence-corrected chi connectivity index (χ2v) is 11.6. The molecule has 0 atom stereocenters. The van der Waals surface area contributed by atoms with Crippen molar-refractivity contribution in [3.8, 4) is 22.3 Å². The van der Waals surface area contributed by atoms with Gasteiger partial charge in [-0.05, 0) is 92.3 Å². The van der Waals surface area contributed by atoms with Crippen molar-refractivity contribution in [1.29, 1.82) is 0 Å². The first kappa shape index (κ1) is 26.2. The molecule has 7 aromatic carbocycles. The second-order valence-electron chi connectivity index (χ2n) is 11.6. The number of hydrogen-bond acceptors (Lipinski definition) is 3. The standard InChI is InChI=1S/C43H28N2O/c1-2-10-29(11-3-1)30-20-22-35(23-21-30)45(36-17-8-16-34(26-36)38-19-9-15-31-12-6-7-18-37(31)38)42-25-24-39-40-27-32-13-4-5-14-33(32)28-41(40)46-43(39)44-42/h1-28H. The number of fused-ring (bicyclic) bond motifs is 5. The molecule has 0 N–H and O–H groups in total. The predicted octanol–water partition coefficient (Wildman–Crippen LogP) is 12.1. The average Bonchev–Trinajstić information content (AvgIpc) is 3.48. The molecule has 0 saturated heterocycles. The summed E-state index contributed by atoms with van der Waals surface area (Å²) in [5, 5.41) is 6.88. The van der Waals surface area contributed by atoms with Gasteiger partial charge in [0.25, 0.3) is 0 Å². The van der Waals surface area contributed by atoms with E-state index in [9.17, 15) is 0 Å². The van der Waals surface area contributed by atoms with Crippen LogP contribution in [0.1, 0.15) is 0 Å². The van der Waals surface area contributed by atoms with Crippen LogP contribution in [0.5, 0.6) is 0 Å². The van der Waals surface area contributed by atoms with Crippen LogP contribution in [-0.2, 0) is 0 Å². The lowest BCUT2D eigenvalue weighted by atomic mass is 9.97. The molecule has 0 aliphatic carbocycles. The minimum absolute atomic E-state index is 0.624. The number of furan rings is 1. The minimum Gasteiger partial charge on any atom is -0.438 e. The molecule has 9 rings (SSSR count). The third kappa shape index (κ3) is 4.49. The molecule has 2 heterocycles. The van der Waals surface area contributed by atoms with Crippen molar-refractivity contribution >= 4 is 60.8 Å². The lowest BCUT2D eigenvalue weighted by molar-refractivity contribution is 0.655. The molecule has 9 aromatic rings. The van der Waals surface area contributed by atoms with Crippen LogP contribution >= 0.6 is 0 Å². The summed E-state index contributed by atoms with van der Waals surface area (Å²) in [7, 11) is 0. The molecule has 0 radical (unpaired) electrons. The number of hydrogen-bond donors (Lipinski definition) is 0. The Morgan fingerprint density at radius 1 is 0.413 bits per heavy atom. The Balaban J connectivity index is 1.21. The summed E-state index contributed by atoms with van der Waals surface area (Å²) in [6.07, 6.45) is 0. The fourth-order valence-electron chi connectivity index (χ4n) is 6.59. The normalized spacial score (nSPS) is 11.5. The van der Waals surface area contributed by atoms with Crippen molar-refractivity contribution in [1.82, 2.24) is 4.98 Å². The number of rotatable bonds is 5. The van der Waals surface area contributed by atoms with Gasteiger partial charge in [-0.3, -0.25) is 4.90 Å². The Morgan fingerprint density at radius 3 is 1.93 bits per heavy atom. The van der Waals surface area contributed by atoms with Gasteiger partial charge in [0.05, 0.1) is 0 Å². The van der Waals surface area contributed by atoms with E-state index in [0.29, 0.717) is 5.71 Å². The molecule has 0 amide bonds. The first-order valence-corrected chi connectivity index (χ1v) is 15.5. The van der Waals surface area contributed by atoms with Crippen molar-refractivity contribution in [3.63, 3.8) is 0 Å². The molecule has 2 aromatic heterocycles. The van der Waals surface area contributed by atoms with Crippen molar-refractivity contribution in [2.45, 2.75) is 0 Å². The van der Waals surface area contributed by atoms with E-state index in [0.717, 1.165) is 44.5 Å². The molecular formula is C43H28N2O. The fourth-order valence-corrected chi connectivity index (χ4v) is 6.59. The topological polar surface area (TPSA) is 29.3 Å². The van der Waals surface area contributed by atoms with E-state index in [1.165, 1.54) is 32.8 Å². The maximum Gasteiger partial charge on any atom is 0.229 e. The van der Waals surface area contributed by atoms with E-state index >= 15 is 0 Å². The van der Waals surface area contributed by atoms with Gasteiger partial charge < -0.3 is 4.42 Å². The van der Waals surface area contributed by atoms with Gasteiger partial charge in [-0.15, -0.1) is 0 Å². The van der Waals surface area contributed by atoms with Crippen LogP contribution in [-0.4, -0.2) is 4.98 Å². The van der Waals surface area contributed by atoms with Gasteiger partial charge in [-0.2, -0.15) is 4.98 Å². The van der Waals surface area contributed by atoms with Crippen LogP contribution in [0.2, 0.25) is 0 Å². The molecule has 0 fully saturated rings.